The van der Waals surface area contributed by atoms with Crippen LogP contribution in [0.25, 0.3) is 0 Å². The molecule has 8 nitrogen and oxygen atoms in total. The molecule has 1 aromatic heterocycles. The third kappa shape index (κ3) is 5.32. The summed E-state index contributed by atoms with van der Waals surface area (Å²) in [5.41, 5.74) is 1.87. The highest BCUT2D eigenvalue weighted by Gasteiger charge is 2.12. The minimum atomic E-state index is -0.496. The Morgan fingerprint density at radius 1 is 0.933 bits per heavy atom. The van der Waals surface area contributed by atoms with Gasteiger partial charge in [0.25, 0.3) is 11.5 Å². The molecule has 0 radical (unpaired) electrons. The summed E-state index contributed by atoms with van der Waals surface area (Å²) in [6, 6.07) is 16.8. The lowest BCUT2D eigenvalue weighted by molar-refractivity contribution is -0.117. The number of carbonyl (C=O) groups is 2. The van der Waals surface area contributed by atoms with Gasteiger partial charge in [-0.05, 0) is 54.4 Å². The van der Waals surface area contributed by atoms with Crippen LogP contribution in [-0.2, 0) is 17.8 Å². The van der Waals surface area contributed by atoms with Crippen molar-refractivity contribution < 1.29 is 14.3 Å². The molecule has 30 heavy (non-hydrogen) atoms. The lowest BCUT2D eigenvalue weighted by Gasteiger charge is -2.09. The van der Waals surface area contributed by atoms with Crippen LogP contribution < -0.4 is 20.9 Å². The van der Waals surface area contributed by atoms with Crippen molar-refractivity contribution in [1.82, 2.24) is 9.78 Å². The fourth-order valence-electron chi connectivity index (χ4n) is 2.71. The van der Waals surface area contributed by atoms with E-state index < -0.39 is 17.4 Å². The number of benzene rings is 2. The van der Waals surface area contributed by atoms with Crippen molar-refractivity contribution in [2.24, 2.45) is 0 Å². The number of hydrogen-bond acceptors (Lipinski definition) is 5. The first-order chi connectivity index (χ1) is 14.5. The van der Waals surface area contributed by atoms with Crippen LogP contribution in [0, 0.1) is 0 Å². The van der Waals surface area contributed by atoms with Crippen molar-refractivity contribution in [2.75, 3.05) is 17.7 Å². The Bertz CT molecular complexity index is 1090. The van der Waals surface area contributed by atoms with E-state index in [1.165, 1.54) is 12.1 Å². The summed E-state index contributed by atoms with van der Waals surface area (Å²) < 4.78 is 6.03. The number of aromatic nitrogens is 2. The monoisotopic (exact) mass is 406 g/mol. The zero-order valence-corrected chi connectivity index (χ0v) is 16.7. The first-order valence-electron chi connectivity index (χ1n) is 9.41. The van der Waals surface area contributed by atoms with Gasteiger partial charge in [-0.3, -0.25) is 14.4 Å². The molecule has 154 valence electrons. The number of amides is 2. The minimum Gasteiger partial charge on any atom is -0.497 e. The fourth-order valence-corrected chi connectivity index (χ4v) is 2.71. The van der Waals surface area contributed by atoms with Gasteiger partial charge in [0.05, 0.1) is 7.11 Å². The highest BCUT2D eigenvalue weighted by Crippen LogP contribution is 2.15. The molecule has 3 aromatic rings. The molecule has 0 aliphatic heterocycles. The van der Waals surface area contributed by atoms with E-state index in [0.717, 1.165) is 16.7 Å². The average molecular weight is 406 g/mol. The number of nitrogens with zero attached hydrogens (tertiary/aromatic N) is 2. The molecule has 1 heterocycles. The Morgan fingerprint density at radius 3 is 2.20 bits per heavy atom. The molecule has 0 saturated carbocycles. The number of methoxy groups -OCH3 is 1. The molecule has 2 amide bonds. The standard InChI is InChI=1S/C22H22N4O4/c1-3-15-4-6-16(7-5-15)23-20(27)14-26-21(28)13-12-19(25-26)22(29)24-17-8-10-18(30-2)11-9-17/h4-13H,3,14H2,1-2H3,(H,23,27)(H,24,29). The van der Waals surface area contributed by atoms with E-state index in [1.807, 2.05) is 19.1 Å². The van der Waals surface area contributed by atoms with Gasteiger partial charge in [-0.1, -0.05) is 19.1 Å². The van der Waals surface area contributed by atoms with Gasteiger partial charge in [0.2, 0.25) is 5.91 Å². The van der Waals surface area contributed by atoms with Crippen LogP contribution in [0.2, 0.25) is 0 Å². The van der Waals surface area contributed by atoms with Gasteiger partial charge in [0.15, 0.2) is 0 Å². The molecule has 0 atom stereocenters. The van der Waals surface area contributed by atoms with Crippen LogP contribution in [0.3, 0.4) is 0 Å². The molecule has 2 aromatic carbocycles. The zero-order valence-electron chi connectivity index (χ0n) is 16.7. The van der Waals surface area contributed by atoms with Gasteiger partial charge in [0.1, 0.15) is 18.0 Å². The minimum absolute atomic E-state index is 0.0190. The Hall–Kier alpha value is -3.94. The number of anilines is 2. The predicted octanol–water partition coefficient (Wildman–Crippen LogP) is 2.71. The van der Waals surface area contributed by atoms with Crippen LogP contribution in [-0.4, -0.2) is 28.7 Å². The summed E-state index contributed by atoms with van der Waals surface area (Å²) in [7, 11) is 1.55. The third-order valence-corrected chi connectivity index (χ3v) is 4.39. The number of aryl methyl sites for hydroxylation is 1. The maximum Gasteiger partial charge on any atom is 0.276 e. The predicted molar refractivity (Wildman–Crippen MR) is 114 cm³/mol. The Morgan fingerprint density at radius 2 is 1.57 bits per heavy atom. The van der Waals surface area contributed by atoms with E-state index in [-0.39, 0.29) is 12.2 Å². The Labute approximate surface area is 173 Å². The topological polar surface area (TPSA) is 102 Å². The van der Waals surface area contributed by atoms with Crippen LogP contribution >= 0.6 is 0 Å². The smallest absolute Gasteiger partial charge is 0.276 e. The zero-order chi connectivity index (χ0) is 21.5. The molecular formula is C22H22N4O4. The number of nitrogens with one attached hydrogen (secondary N) is 2. The summed E-state index contributed by atoms with van der Waals surface area (Å²) in [5, 5.41) is 9.42. The van der Waals surface area contributed by atoms with Crippen molar-refractivity contribution in [2.45, 2.75) is 19.9 Å². The molecule has 3 rings (SSSR count). The van der Waals surface area contributed by atoms with Gasteiger partial charge in [-0.2, -0.15) is 5.10 Å². The van der Waals surface area contributed by atoms with Gasteiger partial charge in [-0.15, -0.1) is 0 Å². The van der Waals surface area contributed by atoms with Crippen molar-refractivity contribution in [1.29, 1.82) is 0 Å². The largest absolute Gasteiger partial charge is 0.497 e. The maximum atomic E-state index is 12.4. The van der Waals surface area contributed by atoms with Crippen LogP contribution in [0.5, 0.6) is 5.75 Å². The average Bonchev–Trinajstić information content (AvgIpc) is 2.76. The van der Waals surface area contributed by atoms with E-state index in [2.05, 4.69) is 15.7 Å². The second-order valence-electron chi connectivity index (χ2n) is 6.50. The van der Waals surface area contributed by atoms with Crippen LogP contribution in [0.15, 0.2) is 65.5 Å². The molecular weight excluding hydrogens is 384 g/mol. The van der Waals surface area contributed by atoms with Crippen molar-refractivity contribution >= 4 is 23.2 Å². The number of hydrogen-bond donors (Lipinski definition) is 2. The van der Waals surface area contributed by atoms with E-state index in [4.69, 9.17) is 4.74 Å². The molecule has 0 unspecified atom stereocenters. The summed E-state index contributed by atoms with van der Waals surface area (Å²) in [5.74, 6) is -0.249. The molecule has 0 bridgehead atoms. The van der Waals surface area contributed by atoms with Crippen LogP contribution in [0.4, 0.5) is 11.4 Å². The summed E-state index contributed by atoms with van der Waals surface area (Å²) in [6.45, 7) is 1.74. The van der Waals surface area contributed by atoms with Crippen molar-refractivity contribution in [3.8, 4) is 5.75 Å². The summed E-state index contributed by atoms with van der Waals surface area (Å²) >= 11 is 0. The first-order valence-corrected chi connectivity index (χ1v) is 9.41. The van der Waals surface area contributed by atoms with Gasteiger partial charge in [0, 0.05) is 17.4 Å². The van der Waals surface area contributed by atoms with E-state index in [9.17, 15) is 14.4 Å². The van der Waals surface area contributed by atoms with E-state index >= 15 is 0 Å². The highest BCUT2D eigenvalue weighted by atomic mass is 16.5. The molecule has 0 aliphatic rings. The van der Waals surface area contributed by atoms with Gasteiger partial charge >= 0.3 is 0 Å². The lowest BCUT2D eigenvalue weighted by Crippen LogP contribution is -2.31. The molecule has 8 heteroatoms. The van der Waals surface area contributed by atoms with Gasteiger partial charge < -0.3 is 15.4 Å². The second kappa shape index (κ2) is 9.51. The van der Waals surface area contributed by atoms with E-state index in [0.29, 0.717) is 17.1 Å². The molecule has 0 saturated heterocycles. The number of ether oxygens (including phenoxy) is 1. The molecule has 0 fully saturated rings. The summed E-state index contributed by atoms with van der Waals surface area (Å²) in [6.07, 6.45) is 0.902. The Kier molecular flexibility index (Phi) is 6.59. The fraction of sp³-hybridized carbons (Fsp3) is 0.182. The second-order valence-corrected chi connectivity index (χ2v) is 6.50. The molecule has 2 N–H and O–H groups in total. The third-order valence-electron chi connectivity index (χ3n) is 4.39. The van der Waals surface area contributed by atoms with Crippen molar-refractivity contribution in [3.05, 3.63) is 82.3 Å². The number of rotatable bonds is 7. The maximum absolute atomic E-state index is 12.4. The summed E-state index contributed by atoms with van der Waals surface area (Å²) in [4.78, 5) is 36.8. The first kappa shape index (κ1) is 20.8. The number of carbonyl (C=O) groups excluding carboxylic acids is 2. The Balaban J connectivity index is 1.68. The van der Waals surface area contributed by atoms with Crippen LogP contribution in [0.1, 0.15) is 23.0 Å². The highest BCUT2D eigenvalue weighted by molar-refractivity contribution is 6.02. The molecule has 0 aliphatic carbocycles. The SMILES string of the molecule is CCc1ccc(NC(=O)Cn2nc(C(=O)Nc3ccc(OC)cc3)ccc2=O)cc1. The van der Waals surface area contributed by atoms with Crippen molar-refractivity contribution in [3.63, 3.8) is 0 Å². The molecule has 0 spiro atoms. The van der Waals surface area contributed by atoms with Gasteiger partial charge in [-0.25, -0.2) is 4.68 Å². The lowest BCUT2D eigenvalue weighted by atomic mass is 10.1. The normalized spacial score (nSPS) is 10.3. The quantitative estimate of drug-likeness (QED) is 0.628. The van der Waals surface area contributed by atoms with E-state index in [1.54, 1.807) is 43.5 Å².